The molecule has 0 radical (unpaired) electrons. The van der Waals surface area contributed by atoms with E-state index < -0.39 is 18.5 Å². The summed E-state index contributed by atoms with van der Waals surface area (Å²) in [4.78, 5) is 13.1. The zero-order valence-electron chi connectivity index (χ0n) is 16.7. The zero-order chi connectivity index (χ0) is 22.1. The molecule has 0 saturated heterocycles. The summed E-state index contributed by atoms with van der Waals surface area (Å²) < 4.78 is 66.7. The van der Waals surface area contributed by atoms with Gasteiger partial charge in [0.25, 0.3) is 0 Å². The van der Waals surface area contributed by atoms with Gasteiger partial charge in [0.05, 0.1) is 0 Å². The molecule has 0 fully saturated rings. The summed E-state index contributed by atoms with van der Waals surface area (Å²) in [5, 5.41) is 5.77. The SMILES string of the molecule is CN=C(NCCNc1nccc(C(F)(F)F)n1)N(C)Cc1ccc(OC(F)F)cc1.I. The summed E-state index contributed by atoms with van der Waals surface area (Å²) in [6.07, 6.45) is -3.50. The minimum atomic E-state index is -4.54. The Hall–Kier alpha value is -2.45. The average molecular weight is 560 g/mol. The van der Waals surface area contributed by atoms with Gasteiger partial charge in [0, 0.05) is 39.9 Å². The fourth-order valence-electron chi connectivity index (χ4n) is 2.46. The van der Waals surface area contributed by atoms with E-state index in [1.54, 1.807) is 31.1 Å². The Morgan fingerprint density at radius 3 is 2.42 bits per heavy atom. The highest BCUT2D eigenvalue weighted by Gasteiger charge is 2.32. The molecular weight excluding hydrogens is 538 g/mol. The van der Waals surface area contributed by atoms with Gasteiger partial charge < -0.3 is 20.3 Å². The minimum absolute atomic E-state index is 0. The first-order chi connectivity index (χ1) is 14.2. The van der Waals surface area contributed by atoms with Crippen LogP contribution in [0.4, 0.5) is 27.9 Å². The number of nitrogens with zero attached hydrogens (tertiary/aromatic N) is 4. The van der Waals surface area contributed by atoms with Gasteiger partial charge in [-0.05, 0) is 23.8 Å². The van der Waals surface area contributed by atoms with Gasteiger partial charge in [0.2, 0.25) is 5.95 Å². The van der Waals surface area contributed by atoms with Crippen molar-refractivity contribution >= 4 is 35.9 Å². The zero-order valence-corrected chi connectivity index (χ0v) is 19.0. The lowest BCUT2D eigenvalue weighted by molar-refractivity contribution is -0.141. The monoisotopic (exact) mass is 560 g/mol. The number of aromatic nitrogens is 2. The Bertz CT molecular complexity index is 835. The molecule has 0 aliphatic carbocycles. The second kappa shape index (κ2) is 12.4. The van der Waals surface area contributed by atoms with Crippen LogP contribution in [0.15, 0.2) is 41.5 Å². The van der Waals surface area contributed by atoms with Crippen molar-refractivity contribution in [3.63, 3.8) is 0 Å². The number of aliphatic imine (C=N–C) groups is 1. The fraction of sp³-hybridized carbons (Fsp3) is 0.389. The molecule has 2 rings (SSSR count). The van der Waals surface area contributed by atoms with Crippen molar-refractivity contribution in [3.05, 3.63) is 47.8 Å². The highest BCUT2D eigenvalue weighted by molar-refractivity contribution is 14.0. The van der Waals surface area contributed by atoms with Crippen LogP contribution < -0.4 is 15.4 Å². The van der Waals surface area contributed by atoms with Gasteiger partial charge >= 0.3 is 12.8 Å². The summed E-state index contributed by atoms with van der Waals surface area (Å²) in [6, 6.07) is 7.02. The van der Waals surface area contributed by atoms with Gasteiger partial charge in [-0.3, -0.25) is 4.99 Å². The summed E-state index contributed by atoms with van der Waals surface area (Å²) in [7, 11) is 3.37. The van der Waals surface area contributed by atoms with Crippen molar-refractivity contribution in [2.24, 2.45) is 4.99 Å². The molecule has 7 nitrogen and oxygen atoms in total. The normalized spacial score (nSPS) is 11.7. The predicted octanol–water partition coefficient (Wildman–Crippen LogP) is 3.83. The van der Waals surface area contributed by atoms with Crippen molar-refractivity contribution < 1.29 is 26.7 Å². The van der Waals surface area contributed by atoms with Crippen LogP contribution in [0.1, 0.15) is 11.3 Å². The number of alkyl halides is 5. The predicted molar refractivity (Wildman–Crippen MR) is 117 cm³/mol. The quantitative estimate of drug-likeness (QED) is 0.168. The maximum absolute atomic E-state index is 12.7. The van der Waals surface area contributed by atoms with E-state index in [4.69, 9.17) is 0 Å². The average Bonchev–Trinajstić information content (AvgIpc) is 2.68. The Morgan fingerprint density at radius 1 is 1.16 bits per heavy atom. The molecule has 0 spiro atoms. The Balaban J connectivity index is 0.00000480. The molecule has 0 bridgehead atoms. The minimum Gasteiger partial charge on any atom is -0.435 e. The van der Waals surface area contributed by atoms with Gasteiger partial charge in [0.15, 0.2) is 5.96 Å². The lowest BCUT2D eigenvalue weighted by Gasteiger charge is -2.22. The molecule has 2 aromatic rings. The molecule has 1 heterocycles. The number of benzene rings is 1. The largest absolute Gasteiger partial charge is 0.435 e. The van der Waals surface area contributed by atoms with Gasteiger partial charge in [-0.2, -0.15) is 22.0 Å². The molecule has 1 aromatic carbocycles. The van der Waals surface area contributed by atoms with Gasteiger partial charge in [-0.25, -0.2) is 9.97 Å². The Morgan fingerprint density at radius 2 is 1.84 bits per heavy atom. The molecule has 0 unspecified atom stereocenters. The summed E-state index contributed by atoms with van der Waals surface area (Å²) in [6.45, 7) is -1.83. The molecule has 0 aliphatic heterocycles. The second-order valence-corrected chi connectivity index (χ2v) is 6.04. The highest BCUT2D eigenvalue weighted by Crippen LogP contribution is 2.27. The third-order valence-corrected chi connectivity index (χ3v) is 3.78. The molecule has 172 valence electrons. The van der Waals surface area contributed by atoms with Crippen molar-refractivity contribution in [3.8, 4) is 5.75 Å². The molecule has 0 amide bonds. The topological polar surface area (TPSA) is 74.7 Å². The van der Waals surface area contributed by atoms with Crippen molar-refractivity contribution in [1.29, 1.82) is 0 Å². The number of halogens is 6. The van der Waals surface area contributed by atoms with Gasteiger partial charge in [0.1, 0.15) is 11.4 Å². The number of rotatable bonds is 8. The molecule has 1 aromatic heterocycles. The van der Waals surface area contributed by atoms with Crippen molar-refractivity contribution in [1.82, 2.24) is 20.2 Å². The second-order valence-electron chi connectivity index (χ2n) is 6.04. The third kappa shape index (κ3) is 9.06. The first-order valence-electron chi connectivity index (χ1n) is 8.78. The van der Waals surface area contributed by atoms with E-state index in [1.807, 2.05) is 0 Å². The summed E-state index contributed by atoms with van der Waals surface area (Å²) >= 11 is 0. The Labute approximate surface area is 193 Å². The van der Waals surface area contributed by atoms with Gasteiger partial charge in [-0.1, -0.05) is 12.1 Å². The number of anilines is 1. The number of ether oxygens (including phenoxy) is 1. The van der Waals surface area contributed by atoms with Crippen LogP contribution in [-0.4, -0.2) is 54.6 Å². The van der Waals surface area contributed by atoms with Crippen LogP contribution in [0.2, 0.25) is 0 Å². The van der Waals surface area contributed by atoms with E-state index in [9.17, 15) is 22.0 Å². The molecule has 2 N–H and O–H groups in total. The number of hydrogen-bond acceptors (Lipinski definition) is 5. The molecule has 13 heteroatoms. The van der Waals surface area contributed by atoms with Crippen LogP contribution in [-0.2, 0) is 12.7 Å². The number of hydrogen-bond donors (Lipinski definition) is 2. The maximum Gasteiger partial charge on any atom is 0.433 e. The maximum atomic E-state index is 12.7. The molecule has 0 atom stereocenters. The number of nitrogens with one attached hydrogen (secondary N) is 2. The molecular formula is C18H22F5IN6O. The van der Waals surface area contributed by atoms with E-state index in [0.717, 1.165) is 17.8 Å². The number of guanidine groups is 1. The smallest absolute Gasteiger partial charge is 0.433 e. The highest BCUT2D eigenvalue weighted by atomic mass is 127. The van der Waals surface area contributed by atoms with Crippen LogP contribution in [0.25, 0.3) is 0 Å². The van der Waals surface area contributed by atoms with E-state index in [1.165, 1.54) is 12.1 Å². The van der Waals surface area contributed by atoms with Crippen LogP contribution >= 0.6 is 24.0 Å². The van der Waals surface area contributed by atoms with Crippen LogP contribution in [0.3, 0.4) is 0 Å². The Kier molecular flexibility index (Phi) is 10.6. The van der Waals surface area contributed by atoms with Crippen molar-refractivity contribution in [2.45, 2.75) is 19.3 Å². The van der Waals surface area contributed by atoms with Crippen LogP contribution in [0.5, 0.6) is 5.75 Å². The van der Waals surface area contributed by atoms with E-state index in [2.05, 4.69) is 30.3 Å². The van der Waals surface area contributed by atoms with Crippen LogP contribution in [0, 0.1) is 0 Å². The third-order valence-electron chi connectivity index (χ3n) is 3.78. The fourth-order valence-corrected chi connectivity index (χ4v) is 2.46. The van der Waals surface area contributed by atoms with Crippen molar-refractivity contribution in [2.75, 3.05) is 32.5 Å². The first-order valence-corrected chi connectivity index (χ1v) is 8.78. The molecule has 0 aliphatic rings. The summed E-state index contributed by atoms with van der Waals surface area (Å²) in [5.41, 5.74) is -0.175. The molecule has 31 heavy (non-hydrogen) atoms. The standard InChI is InChI=1S/C18H21F5N6O.HI/c1-24-17(29(2)11-12-3-5-13(6-4-12)30-15(19)20)27-10-9-26-16-25-8-7-14(28-16)18(21,22)23;/h3-8,15H,9-11H2,1-2H3,(H,24,27)(H,25,26,28);1H. The summed E-state index contributed by atoms with van der Waals surface area (Å²) in [5.74, 6) is 0.484. The lowest BCUT2D eigenvalue weighted by atomic mass is 10.2. The van der Waals surface area contributed by atoms with E-state index in [-0.39, 0.29) is 42.2 Å². The van der Waals surface area contributed by atoms with Gasteiger partial charge in [-0.15, -0.1) is 24.0 Å². The first kappa shape index (κ1) is 26.6. The van der Waals surface area contributed by atoms with E-state index >= 15 is 0 Å². The molecule has 0 saturated carbocycles. The lowest BCUT2D eigenvalue weighted by Crippen LogP contribution is -2.40. The van der Waals surface area contributed by atoms with E-state index in [0.29, 0.717) is 19.0 Å².